The number of nitrogens with zero attached hydrogens (tertiary/aromatic N) is 4. The minimum atomic E-state index is -3.71. The summed E-state index contributed by atoms with van der Waals surface area (Å²) in [4.78, 5) is 0.127. The Labute approximate surface area is 155 Å². The summed E-state index contributed by atoms with van der Waals surface area (Å²) in [5.41, 5.74) is 0.691. The van der Waals surface area contributed by atoms with Gasteiger partial charge >= 0.3 is 0 Å². The van der Waals surface area contributed by atoms with Crippen LogP contribution in [0.15, 0.2) is 47.5 Å². The van der Waals surface area contributed by atoms with Gasteiger partial charge in [0, 0.05) is 12.7 Å². The molecule has 4 rings (SSSR count). The number of halogens is 2. The SMILES string of the molecule is O=S(=O)(c1ccc(Cl)c(Cl)c1)N1CCC[C@H]1c1nnc2ccccn12. The average molecular weight is 397 g/mol. The summed E-state index contributed by atoms with van der Waals surface area (Å²) in [5, 5.41) is 8.89. The molecule has 0 unspecified atom stereocenters. The van der Waals surface area contributed by atoms with Gasteiger partial charge in [0.15, 0.2) is 11.5 Å². The first-order valence-electron chi connectivity index (χ1n) is 7.75. The highest BCUT2D eigenvalue weighted by Gasteiger charge is 2.38. The molecule has 3 aromatic rings. The fourth-order valence-electron chi connectivity index (χ4n) is 3.15. The Morgan fingerprint density at radius 2 is 1.92 bits per heavy atom. The largest absolute Gasteiger partial charge is 0.285 e. The quantitative estimate of drug-likeness (QED) is 0.678. The molecule has 0 bridgehead atoms. The molecule has 1 atom stereocenters. The van der Waals surface area contributed by atoms with Gasteiger partial charge in [0.05, 0.1) is 21.0 Å². The molecule has 1 aliphatic heterocycles. The van der Waals surface area contributed by atoms with Crippen molar-refractivity contribution >= 4 is 38.9 Å². The van der Waals surface area contributed by atoms with Crippen molar-refractivity contribution in [2.45, 2.75) is 23.8 Å². The fourth-order valence-corrected chi connectivity index (χ4v) is 5.19. The molecule has 6 nitrogen and oxygen atoms in total. The lowest BCUT2D eigenvalue weighted by Crippen LogP contribution is -2.31. The average Bonchev–Trinajstić information content (AvgIpc) is 3.23. The Hall–Kier alpha value is -1.67. The number of aromatic nitrogens is 3. The lowest BCUT2D eigenvalue weighted by molar-refractivity contribution is 0.381. The highest BCUT2D eigenvalue weighted by atomic mass is 35.5. The molecule has 9 heteroatoms. The number of hydrogen-bond donors (Lipinski definition) is 0. The van der Waals surface area contributed by atoms with E-state index in [4.69, 9.17) is 23.2 Å². The fraction of sp³-hybridized carbons (Fsp3) is 0.250. The van der Waals surface area contributed by atoms with E-state index in [0.29, 0.717) is 29.5 Å². The van der Waals surface area contributed by atoms with Gasteiger partial charge in [-0.3, -0.25) is 4.40 Å². The van der Waals surface area contributed by atoms with Gasteiger partial charge in [-0.2, -0.15) is 4.31 Å². The highest BCUT2D eigenvalue weighted by molar-refractivity contribution is 7.89. The Balaban J connectivity index is 1.77. The van der Waals surface area contributed by atoms with E-state index < -0.39 is 10.0 Å². The molecule has 1 aliphatic rings. The molecule has 0 spiro atoms. The summed E-state index contributed by atoms with van der Waals surface area (Å²) in [6, 6.07) is 9.56. The zero-order chi connectivity index (χ0) is 17.6. The van der Waals surface area contributed by atoms with Gasteiger partial charge < -0.3 is 0 Å². The maximum Gasteiger partial charge on any atom is 0.243 e. The van der Waals surface area contributed by atoms with Crippen molar-refractivity contribution in [1.82, 2.24) is 18.9 Å². The monoisotopic (exact) mass is 396 g/mol. The standard InChI is InChI=1S/C16H14Cl2N4O2S/c17-12-7-6-11(10-13(12)18)25(23,24)22-9-3-4-14(22)16-20-19-15-5-1-2-8-21(15)16/h1-2,5-8,10,14H,3-4,9H2/t14-/m0/s1. The molecule has 0 aliphatic carbocycles. The van der Waals surface area contributed by atoms with E-state index in [1.165, 1.54) is 22.5 Å². The second-order valence-electron chi connectivity index (χ2n) is 5.84. The van der Waals surface area contributed by atoms with Crippen LogP contribution in [-0.4, -0.2) is 33.9 Å². The molecule has 1 fully saturated rings. The summed E-state index contributed by atoms with van der Waals surface area (Å²) < 4.78 is 29.5. The third-order valence-corrected chi connectivity index (χ3v) is 6.98. The smallest absolute Gasteiger partial charge is 0.243 e. The molecule has 1 saturated heterocycles. The topological polar surface area (TPSA) is 67.6 Å². The van der Waals surface area contributed by atoms with Gasteiger partial charge in [-0.05, 0) is 43.2 Å². The maximum absolute atomic E-state index is 13.1. The normalized spacial score (nSPS) is 18.9. The predicted octanol–water partition coefficient (Wildman–Crippen LogP) is 3.56. The number of pyridine rings is 1. The molecular weight excluding hydrogens is 383 g/mol. The summed E-state index contributed by atoms with van der Waals surface area (Å²) in [7, 11) is -3.71. The van der Waals surface area contributed by atoms with Crippen LogP contribution in [0.2, 0.25) is 10.0 Å². The lowest BCUT2D eigenvalue weighted by Gasteiger charge is -2.23. The molecule has 130 valence electrons. The first kappa shape index (κ1) is 16.8. The molecular formula is C16H14Cl2N4O2S. The van der Waals surface area contributed by atoms with Gasteiger partial charge in [0.1, 0.15) is 0 Å². The second kappa shape index (κ2) is 6.25. The minimum Gasteiger partial charge on any atom is -0.285 e. The van der Waals surface area contributed by atoms with E-state index in [1.54, 1.807) is 0 Å². The van der Waals surface area contributed by atoms with E-state index in [2.05, 4.69) is 10.2 Å². The van der Waals surface area contributed by atoms with Crippen LogP contribution in [0.4, 0.5) is 0 Å². The molecule has 2 aromatic heterocycles. The first-order valence-corrected chi connectivity index (χ1v) is 9.94. The van der Waals surface area contributed by atoms with Gasteiger partial charge in [0.25, 0.3) is 0 Å². The highest BCUT2D eigenvalue weighted by Crippen LogP contribution is 2.37. The third-order valence-electron chi connectivity index (χ3n) is 4.34. The molecule has 3 heterocycles. The Kier molecular flexibility index (Phi) is 4.19. The van der Waals surface area contributed by atoms with E-state index in [-0.39, 0.29) is 16.0 Å². The van der Waals surface area contributed by atoms with E-state index in [0.717, 1.165) is 6.42 Å². The van der Waals surface area contributed by atoms with Crippen molar-refractivity contribution in [3.8, 4) is 0 Å². The van der Waals surface area contributed by atoms with Gasteiger partial charge in [-0.25, -0.2) is 8.42 Å². The minimum absolute atomic E-state index is 0.127. The maximum atomic E-state index is 13.1. The number of rotatable bonds is 3. The molecule has 0 radical (unpaired) electrons. The molecule has 0 N–H and O–H groups in total. The summed E-state index contributed by atoms with van der Waals surface area (Å²) in [6.45, 7) is 0.426. The van der Waals surface area contributed by atoms with Gasteiger partial charge in [-0.1, -0.05) is 29.3 Å². The van der Waals surface area contributed by atoms with Crippen LogP contribution in [0.5, 0.6) is 0 Å². The van der Waals surface area contributed by atoms with Crippen LogP contribution >= 0.6 is 23.2 Å². The summed E-state index contributed by atoms with van der Waals surface area (Å²) >= 11 is 11.9. The van der Waals surface area contributed by atoms with Crippen LogP contribution in [0, 0.1) is 0 Å². The van der Waals surface area contributed by atoms with Crippen LogP contribution in [0.25, 0.3) is 5.65 Å². The second-order valence-corrected chi connectivity index (χ2v) is 8.54. The zero-order valence-electron chi connectivity index (χ0n) is 13.0. The Morgan fingerprint density at radius 1 is 1.08 bits per heavy atom. The van der Waals surface area contributed by atoms with Crippen molar-refractivity contribution in [2.75, 3.05) is 6.54 Å². The summed E-state index contributed by atoms with van der Waals surface area (Å²) in [6.07, 6.45) is 3.29. The number of sulfonamides is 1. The number of hydrogen-bond acceptors (Lipinski definition) is 4. The van der Waals surface area contributed by atoms with Gasteiger partial charge in [-0.15, -0.1) is 10.2 Å². The van der Waals surface area contributed by atoms with Crippen LogP contribution in [0.3, 0.4) is 0 Å². The van der Waals surface area contributed by atoms with Crippen molar-refractivity contribution in [3.63, 3.8) is 0 Å². The summed E-state index contributed by atoms with van der Waals surface area (Å²) in [5.74, 6) is 0.622. The van der Waals surface area contributed by atoms with Crippen LogP contribution in [-0.2, 0) is 10.0 Å². The molecule has 25 heavy (non-hydrogen) atoms. The number of fused-ring (bicyclic) bond motifs is 1. The molecule has 1 aromatic carbocycles. The molecule has 0 amide bonds. The van der Waals surface area contributed by atoms with Crippen molar-refractivity contribution in [2.24, 2.45) is 0 Å². The zero-order valence-corrected chi connectivity index (χ0v) is 15.3. The van der Waals surface area contributed by atoms with Crippen molar-refractivity contribution < 1.29 is 8.42 Å². The van der Waals surface area contributed by atoms with Gasteiger partial charge in [0.2, 0.25) is 10.0 Å². The van der Waals surface area contributed by atoms with Crippen LogP contribution in [0.1, 0.15) is 24.7 Å². The Morgan fingerprint density at radius 3 is 2.72 bits per heavy atom. The van der Waals surface area contributed by atoms with Crippen molar-refractivity contribution in [1.29, 1.82) is 0 Å². The van der Waals surface area contributed by atoms with Crippen LogP contribution < -0.4 is 0 Å². The van der Waals surface area contributed by atoms with Crippen molar-refractivity contribution in [3.05, 3.63) is 58.5 Å². The Bertz CT molecular complexity index is 1050. The first-order chi connectivity index (χ1) is 12.0. The third kappa shape index (κ3) is 2.81. The van der Waals surface area contributed by atoms with E-state index in [9.17, 15) is 8.42 Å². The molecule has 0 saturated carbocycles. The van der Waals surface area contributed by atoms with E-state index in [1.807, 2.05) is 28.8 Å². The van der Waals surface area contributed by atoms with E-state index >= 15 is 0 Å². The lowest BCUT2D eigenvalue weighted by atomic mass is 10.2. The predicted molar refractivity (Wildman–Crippen MR) is 95.3 cm³/mol. The number of benzene rings is 1.